The van der Waals surface area contributed by atoms with Gasteiger partial charge in [-0.25, -0.2) is 0 Å². The summed E-state index contributed by atoms with van der Waals surface area (Å²) < 4.78 is 0. The molecule has 1 aliphatic heterocycles. The number of hydrogen-bond acceptors (Lipinski definition) is 2. The summed E-state index contributed by atoms with van der Waals surface area (Å²) >= 11 is 0. The molecule has 0 aromatic heterocycles. The normalized spacial score (nSPS) is 19.4. The molecule has 1 unspecified atom stereocenters. The zero-order valence-corrected chi connectivity index (χ0v) is 10.8. The molecule has 0 saturated carbocycles. The topological polar surface area (TPSA) is 32.3 Å². The number of likely N-dealkylation sites (N-methyl/N-ethyl adjacent to an activating group) is 1. The van der Waals surface area contributed by atoms with Crippen LogP contribution in [0.5, 0.6) is 0 Å². The highest BCUT2D eigenvalue weighted by Crippen LogP contribution is 2.19. The number of nitrogens with zero attached hydrogens (tertiary/aromatic N) is 1. The lowest BCUT2D eigenvalue weighted by molar-refractivity contribution is -0.119. The standard InChI is InChI=1S/C14H20N2O/c1-10-7-11(2)9-12(8-10)16(3)14(17)13-5-4-6-15-13/h7-9,13,15H,4-6H2,1-3H3. The number of anilines is 1. The van der Waals surface area contributed by atoms with Crippen LogP contribution in [0.3, 0.4) is 0 Å². The molecule has 1 amide bonds. The minimum absolute atomic E-state index is 0.000758. The molecule has 1 aliphatic rings. The van der Waals surface area contributed by atoms with E-state index >= 15 is 0 Å². The van der Waals surface area contributed by atoms with Gasteiger partial charge in [0, 0.05) is 12.7 Å². The van der Waals surface area contributed by atoms with Crippen LogP contribution in [0.15, 0.2) is 18.2 Å². The summed E-state index contributed by atoms with van der Waals surface area (Å²) in [5.41, 5.74) is 3.37. The highest BCUT2D eigenvalue weighted by Gasteiger charge is 2.25. The van der Waals surface area contributed by atoms with E-state index in [4.69, 9.17) is 0 Å². The lowest BCUT2D eigenvalue weighted by atomic mass is 10.1. The number of hydrogen-bond donors (Lipinski definition) is 1. The Morgan fingerprint density at radius 3 is 2.47 bits per heavy atom. The predicted octanol–water partition coefficient (Wildman–Crippen LogP) is 2.02. The van der Waals surface area contributed by atoms with Gasteiger partial charge in [0.2, 0.25) is 5.91 Å². The van der Waals surface area contributed by atoms with Crippen LogP contribution < -0.4 is 10.2 Å². The summed E-state index contributed by atoms with van der Waals surface area (Å²) in [6.45, 7) is 5.07. The van der Waals surface area contributed by atoms with Gasteiger partial charge in [0.15, 0.2) is 0 Å². The maximum absolute atomic E-state index is 12.2. The fourth-order valence-electron chi connectivity index (χ4n) is 2.40. The van der Waals surface area contributed by atoms with E-state index in [2.05, 4.69) is 37.4 Å². The molecular weight excluding hydrogens is 212 g/mol. The molecule has 92 valence electrons. The van der Waals surface area contributed by atoms with Crippen molar-refractivity contribution < 1.29 is 4.79 Å². The van der Waals surface area contributed by atoms with Crippen molar-refractivity contribution in [2.75, 3.05) is 18.5 Å². The maximum Gasteiger partial charge on any atom is 0.243 e. The van der Waals surface area contributed by atoms with Gasteiger partial charge in [-0.15, -0.1) is 0 Å². The first kappa shape index (κ1) is 12.1. The Bertz CT molecular complexity index is 402. The van der Waals surface area contributed by atoms with Crippen molar-refractivity contribution in [1.29, 1.82) is 0 Å². The Morgan fingerprint density at radius 1 is 1.29 bits per heavy atom. The molecule has 1 heterocycles. The van der Waals surface area contributed by atoms with E-state index in [-0.39, 0.29) is 11.9 Å². The van der Waals surface area contributed by atoms with E-state index in [1.165, 1.54) is 11.1 Å². The third-order valence-electron chi connectivity index (χ3n) is 3.28. The third-order valence-corrected chi connectivity index (χ3v) is 3.28. The number of carbonyl (C=O) groups is 1. The molecule has 17 heavy (non-hydrogen) atoms. The largest absolute Gasteiger partial charge is 0.314 e. The van der Waals surface area contributed by atoms with Crippen LogP contribution in [0, 0.1) is 13.8 Å². The smallest absolute Gasteiger partial charge is 0.243 e. The lowest BCUT2D eigenvalue weighted by Crippen LogP contribution is -2.41. The van der Waals surface area contributed by atoms with Gasteiger partial charge < -0.3 is 10.2 Å². The summed E-state index contributed by atoms with van der Waals surface area (Å²) in [4.78, 5) is 14.0. The van der Waals surface area contributed by atoms with Crippen molar-refractivity contribution in [3.8, 4) is 0 Å². The molecule has 2 rings (SSSR count). The van der Waals surface area contributed by atoms with Crippen LogP contribution >= 0.6 is 0 Å². The van der Waals surface area contributed by atoms with Gasteiger partial charge in [0.1, 0.15) is 0 Å². The average molecular weight is 232 g/mol. The second-order valence-corrected chi connectivity index (χ2v) is 4.89. The van der Waals surface area contributed by atoms with E-state index in [9.17, 15) is 4.79 Å². The maximum atomic E-state index is 12.2. The minimum Gasteiger partial charge on any atom is -0.314 e. The van der Waals surface area contributed by atoms with Gasteiger partial charge in [-0.3, -0.25) is 4.79 Å². The third kappa shape index (κ3) is 2.67. The first-order valence-electron chi connectivity index (χ1n) is 6.17. The quantitative estimate of drug-likeness (QED) is 0.846. The first-order chi connectivity index (χ1) is 8.08. The number of carbonyl (C=O) groups excluding carboxylic acids is 1. The summed E-state index contributed by atoms with van der Waals surface area (Å²) in [5, 5.41) is 3.25. The van der Waals surface area contributed by atoms with Gasteiger partial charge in [-0.05, 0) is 56.5 Å². The average Bonchev–Trinajstić information content (AvgIpc) is 2.79. The monoisotopic (exact) mass is 232 g/mol. The van der Waals surface area contributed by atoms with Crippen molar-refractivity contribution >= 4 is 11.6 Å². The van der Waals surface area contributed by atoms with Gasteiger partial charge in [0.25, 0.3) is 0 Å². The van der Waals surface area contributed by atoms with Gasteiger partial charge >= 0.3 is 0 Å². The second kappa shape index (κ2) is 4.88. The molecule has 1 aromatic rings. The summed E-state index contributed by atoms with van der Waals surface area (Å²) in [5.74, 6) is 0.174. The molecule has 1 saturated heterocycles. The van der Waals surface area contributed by atoms with Crippen LogP contribution in [-0.4, -0.2) is 25.5 Å². The number of amides is 1. The molecule has 0 aliphatic carbocycles. The Balaban J connectivity index is 2.17. The fraction of sp³-hybridized carbons (Fsp3) is 0.500. The van der Waals surface area contributed by atoms with E-state index in [0.717, 1.165) is 25.1 Å². The molecule has 3 nitrogen and oxygen atoms in total. The predicted molar refractivity (Wildman–Crippen MR) is 70.4 cm³/mol. The zero-order valence-electron chi connectivity index (χ0n) is 10.8. The highest BCUT2D eigenvalue weighted by atomic mass is 16.2. The van der Waals surface area contributed by atoms with Gasteiger partial charge in [0.05, 0.1) is 6.04 Å². The fourth-order valence-corrected chi connectivity index (χ4v) is 2.40. The highest BCUT2D eigenvalue weighted by molar-refractivity contribution is 5.97. The van der Waals surface area contributed by atoms with E-state index in [0.29, 0.717) is 0 Å². The molecule has 0 bridgehead atoms. The van der Waals surface area contributed by atoms with E-state index in [1.54, 1.807) is 4.90 Å². The van der Waals surface area contributed by atoms with Crippen molar-refractivity contribution in [3.63, 3.8) is 0 Å². The van der Waals surface area contributed by atoms with Crippen LogP contribution in [0.2, 0.25) is 0 Å². The molecular formula is C14H20N2O. The van der Waals surface area contributed by atoms with Crippen molar-refractivity contribution in [1.82, 2.24) is 5.32 Å². The second-order valence-electron chi connectivity index (χ2n) is 4.89. The van der Waals surface area contributed by atoms with Crippen LogP contribution in [0.4, 0.5) is 5.69 Å². The SMILES string of the molecule is Cc1cc(C)cc(N(C)C(=O)C2CCCN2)c1. The van der Waals surface area contributed by atoms with E-state index in [1.807, 2.05) is 7.05 Å². The molecule has 1 atom stereocenters. The molecule has 0 radical (unpaired) electrons. The number of benzene rings is 1. The number of rotatable bonds is 2. The van der Waals surface area contributed by atoms with Crippen molar-refractivity contribution in [2.24, 2.45) is 0 Å². The van der Waals surface area contributed by atoms with Crippen molar-refractivity contribution in [2.45, 2.75) is 32.7 Å². The molecule has 3 heteroatoms. The van der Waals surface area contributed by atoms with Crippen LogP contribution in [0.25, 0.3) is 0 Å². The minimum atomic E-state index is 0.000758. The Labute approximate surface area is 103 Å². The lowest BCUT2D eigenvalue weighted by Gasteiger charge is -2.22. The summed E-state index contributed by atoms with van der Waals surface area (Å²) in [6, 6.07) is 6.23. The van der Waals surface area contributed by atoms with Crippen LogP contribution in [-0.2, 0) is 4.79 Å². The van der Waals surface area contributed by atoms with Crippen LogP contribution in [0.1, 0.15) is 24.0 Å². The van der Waals surface area contributed by atoms with Crippen molar-refractivity contribution in [3.05, 3.63) is 29.3 Å². The van der Waals surface area contributed by atoms with Gasteiger partial charge in [-0.2, -0.15) is 0 Å². The number of aryl methyl sites for hydroxylation is 2. The Kier molecular flexibility index (Phi) is 3.48. The Hall–Kier alpha value is -1.35. The Morgan fingerprint density at radius 2 is 1.94 bits per heavy atom. The van der Waals surface area contributed by atoms with E-state index < -0.39 is 0 Å². The first-order valence-corrected chi connectivity index (χ1v) is 6.17. The molecule has 1 fully saturated rings. The molecule has 1 N–H and O–H groups in total. The van der Waals surface area contributed by atoms with Gasteiger partial charge in [-0.1, -0.05) is 6.07 Å². The zero-order chi connectivity index (χ0) is 12.4. The summed E-state index contributed by atoms with van der Waals surface area (Å²) in [7, 11) is 1.86. The molecule has 1 aromatic carbocycles. The summed E-state index contributed by atoms with van der Waals surface area (Å²) in [6.07, 6.45) is 2.05. The number of nitrogens with one attached hydrogen (secondary N) is 1. The molecule has 0 spiro atoms.